The first-order chi connectivity index (χ1) is 15.2. The normalized spacial score (nSPS) is 37.5. The van der Waals surface area contributed by atoms with E-state index in [2.05, 4.69) is 32.6 Å². The van der Waals surface area contributed by atoms with Crippen LogP contribution in [0.15, 0.2) is 47.1 Å². The summed E-state index contributed by atoms with van der Waals surface area (Å²) in [6.45, 7) is 8.80. The van der Waals surface area contributed by atoms with Crippen LogP contribution in [-0.4, -0.2) is 41.3 Å². The van der Waals surface area contributed by atoms with Gasteiger partial charge >= 0.3 is 5.97 Å². The first-order valence-corrected chi connectivity index (χ1v) is 12.2. The summed E-state index contributed by atoms with van der Waals surface area (Å²) in [6, 6.07) is 0. The molecule has 0 bridgehead atoms. The highest BCUT2D eigenvalue weighted by atomic mass is 16.6. The molecule has 0 radical (unpaired) electrons. The largest absolute Gasteiger partial charge is 0.464 e. The lowest BCUT2D eigenvalue weighted by molar-refractivity contribution is -0.225. The molecule has 1 unspecified atom stereocenters. The molecule has 4 aliphatic rings. The van der Waals surface area contributed by atoms with Gasteiger partial charge in [0.2, 0.25) is 0 Å². The number of fused-ring (bicyclic) bond motifs is 1. The van der Waals surface area contributed by atoms with Gasteiger partial charge in [-0.15, -0.1) is 0 Å². The molecule has 4 rings (SSSR count). The van der Waals surface area contributed by atoms with E-state index >= 15 is 0 Å². The zero-order valence-corrected chi connectivity index (χ0v) is 19.6. The standard InChI is InChI=1S/C27H38O5/c1-4-22-11-12-23-20(6-5-13-26(22,23)3)9-10-21-14-27(30,15-24(28)18(21)2)32-17-25(29)31-16-19-7-8-19/h9-11,19,23-24,28,30H,2,4-8,12-17H2,1,3H3/t23-,24?,26+,27-/m0/s1. The average Bonchev–Trinajstić information content (AvgIpc) is 3.52. The van der Waals surface area contributed by atoms with E-state index in [0.717, 1.165) is 37.7 Å². The molecule has 0 amide bonds. The molecule has 5 nitrogen and oxygen atoms in total. The predicted octanol–water partition coefficient (Wildman–Crippen LogP) is 4.76. The molecule has 0 spiro atoms. The van der Waals surface area contributed by atoms with Gasteiger partial charge in [-0.2, -0.15) is 0 Å². The first-order valence-electron chi connectivity index (χ1n) is 12.2. The highest BCUT2D eigenvalue weighted by Crippen LogP contribution is 2.55. The lowest BCUT2D eigenvalue weighted by atomic mass is 9.64. The van der Waals surface area contributed by atoms with Crippen LogP contribution in [0.5, 0.6) is 0 Å². The molecular weight excluding hydrogens is 404 g/mol. The van der Waals surface area contributed by atoms with Crippen molar-refractivity contribution in [3.05, 3.63) is 47.1 Å². The topological polar surface area (TPSA) is 76.0 Å². The van der Waals surface area contributed by atoms with E-state index in [0.29, 0.717) is 24.0 Å². The summed E-state index contributed by atoms with van der Waals surface area (Å²) >= 11 is 0. The Labute approximate surface area is 191 Å². The number of ether oxygens (including phenoxy) is 2. The molecule has 0 aromatic carbocycles. The molecule has 0 aliphatic heterocycles. The van der Waals surface area contributed by atoms with Gasteiger partial charge in [0.05, 0.1) is 12.7 Å². The van der Waals surface area contributed by atoms with E-state index in [1.807, 2.05) is 6.08 Å². The van der Waals surface area contributed by atoms with Crippen molar-refractivity contribution in [2.24, 2.45) is 17.3 Å². The van der Waals surface area contributed by atoms with Gasteiger partial charge in [-0.3, -0.25) is 0 Å². The Morgan fingerprint density at radius 2 is 2.12 bits per heavy atom. The molecule has 3 saturated carbocycles. The van der Waals surface area contributed by atoms with Crippen LogP contribution in [0.1, 0.15) is 71.6 Å². The number of rotatable bonds is 7. The predicted molar refractivity (Wildman–Crippen MR) is 124 cm³/mol. The Morgan fingerprint density at radius 3 is 2.84 bits per heavy atom. The second-order valence-electron chi connectivity index (χ2n) is 10.4. The Balaban J connectivity index is 1.43. The maximum Gasteiger partial charge on any atom is 0.332 e. The summed E-state index contributed by atoms with van der Waals surface area (Å²) in [5.41, 5.74) is 4.66. The smallest absolute Gasteiger partial charge is 0.332 e. The van der Waals surface area contributed by atoms with Gasteiger partial charge in [0.1, 0.15) is 6.61 Å². The fraction of sp³-hybridized carbons (Fsp3) is 0.667. The molecular formula is C27H38O5. The van der Waals surface area contributed by atoms with Crippen molar-refractivity contribution in [3.8, 4) is 0 Å². The van der Waals surface area contributed by atoms with Crippen LogP contribution in [0.2, 0.25) is 0 Å². The van der Waals surface area contributed by atoms with Crippen LogP contribution in [0, 0.1) is 17.3 Å². The third kappa shape index (κ3) is 4.95. The van der Waals surface area contributed by atoms with Gasteiger partial charge in [-0.05, 0) is 73.3 Å². The molecule has 0 aromatic rings. The molecule has 5 heteroatoms. The Bertz CT molecular complexity index is 848. The summed E-state index contributed by atoms with van der Waals surface area (Å²) in [5, 5.41) is 21.5. The lowest BCUT2D eigenvalue weighted by Crippen LogP contribution is -2.43. The minimum atomic E-state index is -1.60. The van der Waals surface area contributed by atoms with E-state index in [1.54, 1.807) is 5.57 Å². The van der Waals surface area contributed by atoms with Gasteiger partial charge < -0.3 is 19.7 Å². The maximum atomic E-state index is 11.9. The monoisotopic (exact) mass is 442 g/mol. The summed E-state index contributed by atoms with van der Waals surface area (Å²) in [5.74, 6) is -1.07. The zero-order chi connectivity index (χ0) is 22.9. The zero-order valence-electron chi connectivity index (χ0n) is 19.6. The second-order valence-corrected chi connectivity index (χ2v) is 10.4. The van der Waals surface area contributed by atoms with Crippen molar-refractivity contribution in [1.82, 2.24) is 0 Å². The quantitative estimate of drug-likeness (QED) is 0.338. The average molecular weight is 443 g/mol. The molecule has 3 fully saturated rings. The molecule has 0 aromatic heterocycles. The van der Waals surface area contributed by atoms with Crippen LogP contribution in [-0.2, 0) is 14.3 Å². The van der Waals surface area contributed by atoms with E-state index in [1.165, 1.54) is 18.4 Å². The summed E-state index contributed by atoms with van der Waals surface area (Å²) in [4.78, 5) is 11.9. The van der Waals surface area contributed by atoms with Gasteiger partial charge in [-0.25, -0.2) is 4.79 Å². The molecule has 2 N–H and O–H groups in total. The minimum absolute atomic E-state index is 0.000125. The number of aliphatic hydroxyl groups excluding tert-OH is 1. The Morgan fingerprint density at radius 1 is 1.34 bits per heavy atom. The van der Waals surface area contributed by atoms with Crippen LogP contribution in [0.25, 0.3) is 0 Å². The van der Waals surface area contributed by atoms with Crippen LogP contribution in [0.4, 0.5) is 0 Å². The minimum Gasteiger partial charge on any atom is -0.464 e. The number of allylic oxidation sites excluding steroid dienone is 5. The summed E-state index contributed by atoms with van der Waals surface area (Å²) < 4.78 is 10.7. The third-order valence-electron chi connectivity index (χ3n) is 8.02. The van der Waals surface area contributed by atoms with Gasteiger partial charge in [0, 0.05) is 12.8 Å². The van der Waals surface area contributed by atoms with Crippen molar-refractivity contribution in [1.29, 1.82) is 0 Å². The Hall–Kier alpha value is -1.69. The van der Waals surface area contributed by atoms with Crippen molar-refractivity contribution in [2.45, 2.75) is 83.5 Å². The SMILES string of the molecule is C=C1C(=CC=C2CCC[C@]3(C)C(CC)=CC[C@@H]23)C[C@](O)(OCC(=O)OCC2CC2)CC1O. The molecule has 4 atom stereocenters. The van der Waals surface area contributed by atoms with E-state index in [9.17, 15) is 15.0 Å². The molecule has 176 valence electrons. The van der Waals surface area contributed by atoms with Crippen molar-refractivity contribution < 1.29 is 24.5 Å². The van der Waals surface area contributed by atoms with Gasteiger partial charge in [0.25, 0.3) is 0 Å². The first kappa shape index (κ1) is 23.5. The molecule has 0 saturated heterocycles. The summed E-state index contributed by atoms with van der Waals surface area (Å²) in [7, 11) is 0. The van der Waals surface area contributed by atoms with E-state index in [-0.39, 0.29) is 24.9 Å². The van der Waals surface area contributed by atoms with Crippen LogP contribution >= 0.6 is 0 Å². The van der Waals surface area contributed by atoms with Crippen molar-refractivity contribution in [3.63, 3.8) is 0 Å². The Kier molecular flexibility index (Phi) is 6.81. The number of aliphatic hydroxyl groups is 2. The number of carbonyl (C=O) groups excluding carboxylic acids is 1. The number of carbonyl (C=O) groups is 1. The maximum absolute atomic E-state index is 11.9. The lowest BCUT2D eigenvalue weighted by Gasteiger charge is -2.41. The van der Waals surface area contributed by atoms with Crippen LogP contribution < -0.4 is 0 Å². The van der Waals surface area contributed by atoms with E-state index in [4.69, 9.17) is 9.47 Å². The number of esters is 1. The fourth-order valence-corrected chi connectivity index (χ4v) is 5.79. The number of hydrogen-bond acceptors (Lipinski definition) is 5. The van der Waals surface area contributed by atoms with Gasteiger partial charge in [0.15, 0.2) is 5.79 Å². The molecule has 0 heterocycles. The highest BCUT2D eigenvalue weighted by molar-refractivity contribution is 5.70. The third-order valence-corrected chi connectivity index (χ3v) is 8.02. The summed E-state index contributed by atoms with van der Waals surface area (Å²) in [6.07, 6.45) is 13.8. The fourth-order valence-electron chi connectivity index (χ4n) is 5.79. The molecule has 32 heavy (non-hydrogen) atoms. The highest BCUT2D eigenvalue weighted by Gasteiger charge is 2.44. The second kappa shape index (κ2) is 9.28. The van der Waals surface area contributed by atoms with Gasteiger partial charge in [-0.1, -0.05) is 49.8 Å². The van der Waals surface area contributed by atoms with Crippen LogP contribution in [0.3, 0.4) is 0 Å². The molecule has 4 aliphatic carbocycles. The van der Waals surface area contributed by atoms with E-state index < -0.39 is 17.9 Å². The van der Waals surface area contributed by atoms with Crippen molar-refractivity contribution >= 4 is 5.97 Å². The number of hydrogen-bond donors (Lipinski definition) is 2. The van der Waals surface area contributed by atoms with Crippen molar-refractivity contribution in [2.75, 3.05) is 13.2 Å².